The van der Waals surface area contributed by atoms with Crippen molar-refractivity contribution in [2.45, 2.75) is 36.5 Å². The normalized spacial score (nSPS) is 24.5. The summed E-state index contributed by atoms with van der Waals surface area (Å²) in [5.41, 5.74) is 4.71. The minimum Gasteiger partial charge on any atom is -0.326 e. The minimum atomic E-state index is -4.64. The summed E-state index contributed by atoms with van der Waals surface area (Å²) < 4.78 is 64.3. The smallest absolute Gasteiger partial charge is 0.326 e. The van der Waals surface area contributed by atoms with Gasteiger partial charge in [-0.2, -0.15) is 17.5 Å². The highest BCUT2D eigenvalue weighted by Crippen LogP contribution is 2.35. The van der Waals surface area contributed by atoms with Crippen LogP contribution in [-0.4, -0.2) is 31.4 Å². The Morgan fingerprint density at radius 1 is 1.38 bits per heavy atom. The molecule has 21 heavy (non-hydrogen) atoms. The lowest BCUT2D eigenvalue weighted by Crippen LogP contribution is -2.40. The molecule has 0 saturated carbocycles. The molecule has 1 fully saturated rings. The van der Waals surface area contributed by atoms with Crippen molar-refractivity contribution in [1.29, 1.82) is 0 Å². The number of hydrogen-bond acceptors (Lipinski definition) is 3. The standard InChI is InChI=1S/C12H14ClF3N2O2S/c1-7-10(17)4-5-18(7)21(19,20)11-6-8(12(14,15)16)2-3-9(11)13/h2-3,6-7,10H,4-5,17H2,1H3. The Morgan fingerprint density at radius 3 is 2.48 bits per heavy atom. The average Bonchev–Trinajstić information content (AvgIpc) is 2.69. The first-order valence-electron chi connectivity index (χ1n) is 6.19. The van der Waals surface area contributed by atoms with Crippen molar-refractivity contribution in [3.63, 3.8) is 0 Å². The molecule has 2 N–H and O–H groups in total. The van der Waals surface area contributed by atoms with Gasteiger partial charge in [-0.1, -0.05) is 11.6 Å². The Hall–Kier alpha value is -0.830. The van der Waals surface area contributed by atoms with Gasteiger partial charge >= 0.3 is 6.18 Å². The van der Waals surface area contributed by atoms with Gasteiger partial charge in [0, 0.05) is 18.6 Å². The van der Waals surface area contributed by atoms with E-state index in [1.165, 1.54) is 0 Å². The Kier molecular flexibility index (Phi) is 4.27. The zero-order chi connectivity index (χ0) is 16.0. The van der Waals surface area contributed by atoms with Gasteiger partial charge in [0.05, 0.1) is 10.6 Å². The maximum atomic E-state index is 12.7. The first-order chi connectivity index (χ1) is 9.55. The summed E-state index contributed by atoms with van der Waals surface area (Å²) in [6.45, 7) is 1.79. The van der Waals surface area contributed by atoms with Crippen molar-refractivity contribution in [2.75, 3.05) is 6.54 Å². The van der Waals surface area contributed by atoms with Crippen LogP contribution in [0.25, 0.3) is 0 Å². The van der Waals surface area contributed by atoms with Crippen LogP contribution in [0.1, 0.15) is 18.9 Å². The van der Waals surface area contributed by atoms with Gasteiger partial charge in [0.2, 0.25) is 10.0 Å². The Labute approximate surface area is 125 Å². The lowest BCUT2D eigenvalue weighted by atomic mass is 10.2. The van der Waals surface area contributed by atoms with Crippen molar-refractivity contribution < 1.29 is 21.6 Å². The van der Waals surface area contributed by atoms with Crippen LogP contribution in [0.15, 0.2) is 23.1 Å². The minimum absolute atomic E-state index is 0.164. The number of sulfonamides is 1. The summed E-state index contributed by atoms with van der Waals surface area (Å²) in [6, 6.07) is 1.43. The number of benzene rings is 1. The van der Waals surface area contributed by atoms with Crippen molar-refractivity contribution in [3.05, 3.63) is 28.8 Å². The Balaban J connectivity index is 2.50. The zero-order valence-electron chi connectivity index (χ0n) is 11.1. The van der Waals surface area contributed by atoms with Crippen molar-refractivity contribution in [1.82, 2.24) is 4.31 Å². The maximum Gasteiger partial charge on any atom is 0.416 e. The molecule has 0 aliphatic carbocycles. The van der Waals surface area contributed by atoms with Gasteiger partial charge in [0.25, 0.3) is 0 Å². The van der Waals surface area contributed by atoms with E-state index < -0.39 is 32.7 Å². The summed E-state index contributed by atoms with van der Waals surface area (Å²) in [5.74, 6) is 0. The van der Waals surface area contributed by atoms with Gasteiger partial charge in [-0.05, 0) is 31.5 Å². The summed E-state index contributed by atoms with van der Waals surface area (Å²) >= 11 is 5.79. The number of hydrogen-bond donors (Lipinski definition) is 1. The summed E-state index contributed by atoms with van der Waals surface area (Å²) in [4.78, 5) is -0.542. The number of halogens is 4. The number of rotatable bonds is 2. The van der Waals surface area contributed by atoms with Gasteiger partial charge in [-0.15, -0.1) is 0 Å². The van der Waals surface area contributed by atoms with E-state index in [4.69, 9.17) is 17.3 Å². The summed E-state index contributed by atoms with van der Waals surface area (Å²) in [6.07, 6.45) is -4.18. The molecular weight excluding hydrogens is 329 g/mol. The average molecular weight is 343 g/mol. The van der Waals surface area contributed by atoms with E-state index in [0.29, 0.717) is 12.5 Å². The predicted octanol–water partition coefficient (Wildman–Crippen LogP) is 2.47. The van der Waals surface area contributed by atoms with Crippen LogP contribution < -0.4 is 5.73 Å². The van der Waals surface area contributed by atoms with Gasteiger partial charge in [0.15, 0.2) is 0 Å². The van der Waals surface area contributed by atoms with E-state index in [1.807, 2.05) is 0 Å². The van der Waals surface area contributed by atoms with Crippen molar-refractivity contribution >= 4 is 21.6 Å². The van der Waals surface area contributed by atoms with E-state index >= 15 is 0 Å². The number of nitrogens with zero attached hydrogens (tertiary/aromatic N) is 1. The van der Waals surface area contributed by atoms with Gasteiger partial charge in [0.1, 0.15) is 4.90 Å². The summed E-state index contributed by atoms with van der Waals surface area (Å²) in [7, 11) is -4.11. The molecule has 1 heterocycles. The molecule has 0 radical (unpaired) electrons. The highest BCUT2D eigenvalue weighted by molar-refractivity contribution is 7.89. The van der Waals surface area contributed by atoms with E-state index in [2.05, 4.69) is 0 Å². The fourth-order valence-corrected chi connectivity index (χ4v) is 4.47. The summed E-state index contributed by atoms with van der Waals surface area (Å²) in [5, 5.41) is -0.240. The third-order valence-electron chi connectivity index (χ3n) is 3.60. The van der Waals surface area contributed by atoms with Crippen molar-refractivity contribution in [3.8, 4) is 0 Å². The Morgan fingerprint density at radius 2 is 2.00 bits per heavy atom. The van der Waals surface area contributed by atoms with Crippen LogP contribution in [0.2, 0.25) is 5.02 Å². The molecular formula is C12H14ClF3N2O2S. The number of nitrogens with two attached hydrogens (primary N) is 1. The van der Waals surface area contributed by atoms with E-state index in [1.54, 1.807) is 6.92 Å². The molecule has 0 bridgehead atoms. The molecule has 0 spiro atoms. The van der Waals surface area contributed by atoms with Crippen LogP contribution in [0.4, 0.5) is 13.2 Å². The second-order valence-corrected chi connectivity index (χ2v) is 7.22. The van der Waals surface area contributed by atoms with Gasteiger partial charge in [-0.25, -0.2) is 8.42 Å². The molecule has 1 saturated heterocycles. The predicted molar refractivity (Wildman–Crippen MR) is 72.4 cm³/mol. The lowest BCUT2D eigenvalue weighted by Gasteiger charge is -2.23. The third kappa shape index (κ3) is 3.03. The molecule has 2 atom stereocenters. The van der Waals surface area contributed by atoms with Crippen LogP contribution in [-0.2, 0) is 16.2 Å². The zero-order valence-corrected chi connectivity index (χ0v) is 12.6. The van der Waals surface area contributed by atoms with Gasteiger partial charge in [-0.3, -0.25) is 0 Å². The first-order valence-corrected chi connectivity index (χ1v) is 8.01. The molecule has 9 heteroatoms. The first kappa shape index (κ1) is 16.5. The van der Waals surface area contributed by atoms with E-state index in [0.717, 1.165) is 16.4 Å². The molecule has 1 aliphatic rings. The molecule has 2 unspecified atom stereocenters. The molecule has 0 aromatic heterocycles. The number of alkyl halides is 3. The maximum absolute atomic E-state index is 12.7. The van der Waals surface area contributed by atoms with Crippen LogP contribution >= 0.6 is 11.6 Å². The SMILES string of the molecule is CC1C(N)CCN1S(=O)(=O)c1cc(C(F)(F)F)ccc1Cl. The lowest BCUT2D eigenvalue weighted by molar-refractivity contribution is -0.137. The fourth-order valence-electron chi connectivity index (χ4n) is 2.28. The molecule has 0 amide bonds. The highest BCUT2D eigenvalue weighted by Gasteiger charge is 2.39. The molecule has 1 aromatic rings. The third-order valence-corrected chi connectivity index (χ3v) is 6.07. The van der Waals surface area contributed by atoms with E-state index in [9.17, 15) is 21.6 Å². The molecule has 4 nitrogen and oxygen atoms in total. The monoisotopic (exact) mass is 342 g/mol. The Bertz CT molecular complexity index is 648. The highest BCUT2D eigenvalue weighted by atomic mass is 35.5. The van der Waals surface area contributed by atoms with E-state index in [-0.39, 0.29) is 17.6 Å². The molecule has 118 valence electrons. The van der Waals surface area contributed by atoms with Crippen LogP contribution in [0.5, 0.6) is 0 Å². The van der Waals surface area contributed by atoms with Crippen LogP contribution in [0.3, 0.4) is 0 Å². The second-order valence-electron chi connectivity index (χ2n) is 4.95. The van der Waals surface area contributed by atoms with Crippen molar-refractivity contribution in [2.24, 2.45) is 5.73 Å². The topological polar surface area (TPSA) is 63.4 Å². The molecule has 2 rings (SSSR count). The fraction of sp³-hybridized carbons (Fsp3) is 0.500. The van der Waals surface area contributed by atoms with Crippen LogP contribution in [0, 0.1) is 0 Å². The molecule has 1 aliphatic heterocycles. The second kappa shape index (κ2) is 5.42. The quantitative estimate of drug-likeness (QED) is 0.898. The van der Waals surface area contributed by atoms with Gasteiger partial charge < -0.3 is 5.73 Å². The molecule has 1 aromatic carbocycles. The largest absolute Gasteiger partial charge is 0.416 e.